The maximum atomic E-state index is 12.5. The molecule has 0 aromatic heterocycles. The molecule has 2 atom stereocenters. The predicted molar refractivity (Wildman–Crippen MR) is 95.1 cm³/mol. The molecule has 4 nitrogen and oxygen atoms in total. The Kier molecular flexibility index (Phi) is 6.56. The molecular weight excluding hydrogens is 286 g/mol. The van der Waals surface area contributed by atoms with E-state index >= 15 is 0 Å². The SMILES string of the molecule is C=CCN(CC=C)C(=O)CN1C[C@@H](CN)[C@H](c2ccccc2)C1. The van der Waals surface area contributed by atoms with E-state index in [1.807, 2.05) is 6.07 Å². The zero-order valence-corrected chi connectivity index (χ0v) is 13.7. The fraction of sp³-hybridized carbons (Fsp3) is 0.421. The van der Waals surface area contributed by atoms with Crippen molar-refractivity contribution < 1.29 is 4.79 Å². The van der Waals surface area contributed by atoms with Crippen LogP contribution in [0, 0.1) is 5.92 Å². The smallest absolute Gasteiger partial charge is 0.237 e. The molecule has 2 N–H and O–H groups in total. The normalized spacial score (nSPS) is 21.1. The van der Waals surface area contributed by atoms with Crippen molar-refractivity contribution >= 4 is 5.91 Å². The van der Waals surface area contributed by atoms with Crippen molar-refractivity contribution in [3.05, 3.63) is 61.2 Å². The molecule has 1 aromatic carbocycles. The average molecular weight is 313 g/mol. The lowest BCUT2D eigenvalue weighted by atomic mass is 9.89. The number of nitrogens with zero attached hydrogens (tertiary/aromatic N) is 2. The van der Waals surface area contributed by atoms with E-state index in [0.717, 1.165) is 13.1 Å². The first kappa shape index (κ1) is 17.4. The van der Waals surface area contributed by atoms with Crippen molar-refractivity contribution in [1.82, 2.24) is 9.80 Å². The van der Waals surface area contributed by atoms with Crippen molar-refractivity contribution in [2.45, 2.75) is 5.92 Å². The van der Waals surface area contributed by atoms with Crippen LogP contribution in [-0.4, -0.2) is 55.0 Å². The second kappa shape index (κ2) is 8.65. The first-order chi connectivity index (χ1) is 11.2. The Balaban J connectivity index is 2.00. The number of nitrogens with two attached hydrogens (primary N) is 1. The van der Waals surface area contributed by atoms with Crippen LogP contribution in [0.25, 0.3) is 0 Å². The summed E-state index contributed by atoms with van der Waals surface area (Å²) in [5.41, 5.74) is 7.27. The molecule has 1 saturated heterocycles. The van der Waals surface area contributed by atoms with Crippen molar-refractivity contribution in [2.75, 3.05) is 39.3 Å². The molecule has 1 aromatic rings. The molecule has 4 heteroatoms. The molecule has 0 aliphatic carbocycles. The molecule has 1 heterocycles. The zero-order chi connectivity index (χ0) is 16.7. The molecule has 1 fully saturated rings. The van der Waals surface area contributed by atoms with Crippen LogP contribution < -0.4 is 5.73 Å². The highest BCUT2D eigenvalue weighted by molar-refractivity contribution is 5.78. The van der Waals surface area contributed by atoms with E-state index in [-0.39, 0.29) is 5.91 Å². The van der Waals surface area contributed by atoms with Crippen molar-refractivity contribution in [3.63, 3.8) is 0 Å². The van der Waals surface area contributed by atoms with E-state index in [0.29, 0.717) is 38.0 Å². The Labute approximate surface area is 139 Å². The number of carbonyl (C=O) groups is 1. The lowest BCUT2D eigenvalue weighted by Crippen LogP contribution is -2.40. The van der Waals surface area contributed by atoms with Gasteiger partial charge in [0.1, 0.15) is 0 Å². The first-order valence-corrected chi connectivity index (χ1v) is 8.16. The molecule has 0 spiro atoms. The van der Waals surface area contributed by atoms with Gasteiger partial charge in [-0.05, 0) is 18.0 Å². The summed E-state index contributed by atoms with van der Waals surface area (Å²) in [6.07, 6.45) is 3.50. The van der Waals surface area contributed by atoms with Crippen molar-refractivity contribution in [1.29, 1.82) is 0 Å². The van der Waals surface area contributed by atoms with Gasteiger partial charge in [-0.15, -0.1) is 13.2 Å². The van der Waals surface area contributed by atoms with Gasteiger partial charge >= 0.3 is 0 Å². The Morgan fingerprint density at radius 3 is 2.43 bits per heavy atom. The molecular formula is C19H27N3O. The van der Waals surface area contributed by atoms with Crippen molar-refractivity contribution in [2.24, 2.45) is 11.7 Å². The van der Waals surface area contributed by atoms with Gasteiger partial charge in [-0.2, -0.15) is 0 Å². The van der Waals surface area contributed by atoms with Crippen LogP contribution in [0.4, 0.5) is 0 Å². The minimum Gasteiger partial charge on any atom is -0.334 e. The molecule has 124 valence electrons. The topological polar surface area (TPSA) is 49.6 Å². The molecule has 0 unspecified atom stereocenters. The highest BCUT2D eigenvalue weighted by Gasteiger charge is 2.33. The number of hydrogen-bond donors (Lipinski definition) is 1. The first-order valence-electron chi connectivity index (χ1n) is 8.16. The van der Waals surface area contributed by atoms with E-state index in [2.05, 4.69) is 42.3 Å². The summed E-state index contributed by atoms with van der Waals surface area (Å²) >= 11 is 0. The summed E-state index contributed by atoms with van der Waals surface area (Å²) in [6.45, 7) is 11.4. The zero-order valence-electron chi connectivity index (χ0n) is 13.7. The molecule has 1 aliphatic heterocycles. The fourth-order valence-corrected chi connectivity index (χ4v) is 3.29. The van der Waals surface area contributed by atoms with Crippen LogP contribution in [0.3, 0.4) is 0 Å². The second-order valence-electron chi connectivity index (χ2n) is 6.08. The van der Waals surface area contributed by atoms with Gasteiger partial charge in [-0.1, -0.05) is 42.5 Å². The predicted octanol–water partition coefficient (Wildman–Crippen LogP) is 1.86. The minimum absolute atomic E-state index is 0.120. The third-order valence-electron chi connectivity index (χ3n) is 4.46. The third kappa shape index (κ3) is 4.53. The van der Waals surface area contributed by atoms with Gasteiger partial charge in [0.15, 0.2) is 0 Å². The molecule has 1 amide bonds. The average Bonchev–Trinajstić information content (AvgIpc) is 2.98. The lowest BCUT2D eigenvalue weighted by molar-refractivity contribution is -0.131. The summed E-state index contributed by atoms with van der Waals surface area (Å²) in [6, 6.07) is 10.5. The van der Waals surface area contributed by atoms with Crippen molar-refractivity contribution in [3.8, 4) is 0 Å². The van der Waals surface area contributed by atoms with Crippen LogP contribution in [0.15, 0.2) is 55.6 Å². The standard InChI is InChI=1S/C19H27N3O/c1-3-10-22(11-4-2)19(23)15-21-13-17(12-20)18(14-21)16-8-6-5-7-9-16/h3-9,17-18H,1-2,10-15,20H2/t17-,18+/m1/s1. The number of hydrogen-bond acceptors (Lipinski definition) is 3. The largest absolute Gasteiger partial charge is 0.334 e. The summed E-state index contributed by atoms with van der Waals surface area (Å²) < 4.78 is 0. The number of benzene rings is 1. The Morgan fingerprint density at radius 2 is 1.87 bits per heavy atom. The quantitative estimate of drug-likeness (QED) is 0.745. The molecule has 2 rings (SSSR count). The van der Waals surface area contributed by atoms with E-state index in [1.54, 1.807) is 17.1 Å². The Hall–Kier alpha value is -1.91. The monoisotopic (exact) mass is 313 g/mol. The van der Waals surface area contributed by atoms with Gasteiger partial charge in [0.05, 0.1) is 6.54 Å². The minimum atomic E-state index is 0.120. The number of carbonyl (C=O) groups excluding carboxylic acids is 1. The van der Waals surface area contributed by atoms with E-state index in [9.17, 15) is 4.79 Å². The molecule has 0 radical (unpaired) electrons. The van der Waals surface area contributed by atoms with Crippen LogP contribution in [0.5, 0.6) is 0 Å². The fourth-order valence-electron chi connectivity index (χ4n) is 3.29. The summed E-state index contributed by atoms with van der Waals surface area (Å²) in [4.78, 5) is 16.5. The van der Waals surface area contributed by atoms with Crippen LogP contribution in [-0.2, 0) is 4.79 Å². The summed E-state index contributed by atoms with van der Waals surface area (Å²) in [5, 5.41) is 0. The van der Waals surface area contributed by atoms with Crippen LogP contribution >= 0.6 is 0 Å². The maximum absolute atomic E-state index is 12.5. The Bertz CT molecular complexity index is 519. The molecule has 23 heavy (non-hydrogen) atoms. The summed E-state index contributed by atoms with van der Waals surface area (Å²) in [7, 11) is 0. The van der Waals surface area contributed by atoms with Gasteiger partial charge in [-0.25, -0.2) is 0 Å². The lowest BCUT2D eigenvalue weighted by Gasteiger charge is -2.23. The maximum Gasteiger partial charge on any atom is 0.237 e. The highest BCUT2D eigenvalue weighted by Crippen LogP contribution is 2.31. The van der Waals surface area contributed by atoms with Gasteiger partial charge in [0.2, 0.25) is 5.91 Å². The molecule has 0 saturated carbocycles. The van der Waals surface area contributed by atoms with E-state index in [1.165, 1.54) is 5.56 Å². The molecule has 1 aliphatic rings. The van der Waals surface area contributed by atoms with E-state index < -0.39 is 0 Å². The molecule has 0 bridgehead atoms. The number of amides is 1. The van der Waals surface area contributed by atoms with Crippen LogP contribution in [0.2, 0.25) is 0 Å². The highest BCUT2D eigenvalue weighted by atomic mass is 16.2. The number of likely N-dealkylation sites (tertiary alicyclic amines) is 1. The third-order valence-corrected chi connectivity index (χ3v) is 4.46. The van der Waals surface area contributed by atoms with Gasteiger partial charge in [0, 0.05) is 32.1 Å². The van der Waals surface area contributed by atoms with Crippen LogP contribution in [0.1, 0.15) is 11.5 Å². The Morgan fingerprint density at radius 1 is 1.22 bits per heavy atom. The van der Waals surface area contributed by atoms with E-state index in [4.69, 9.17) is 5.73 Å². The van der Waals surface area contributed by atoms with Gasteiger partial charge < -0.3 is 10.6 Å². The number of rotatable bonds is 8. The second-order valence-corrected chi connectivity index (χ2v) is 6.08. The van der Waals surface area contributed by atoms with Gasteiger partial charge in [0.25, 0.3) is 0 Å². The van der Waals surface area contributed by atoms with Gasteiger partial charge in [-0.3, -0.25) is 9.69 Å². The summed E-state index contributed by atoms with van der Waals surface area (Å²) in [5.74, 6) is 0.924.